The number of hydrogen-bond acceptors (Lipinski definition) is 3. The molecule has 3 heteroatoms. The van der Waals surface area contributed by atoms with Crippen LogP contribution in [-0.2, 0) is 9.53 Å². The summed E-state index contributed by atoms with van der Waals surface area (Å²) in [6.45, 7) is 13.5. The van der Waals surface area contributed by atoms with Gasteiger partial charge in [0.15, 0.2) is 0 Å². The summed E-state index contributed by atoms with van der Waals surface area (Å²) in [4.78, 5) is 12.5. The van der Waals surface area contributed by atoms with Gasteiger partial charge in [-0.15, -0.1) is 6.58 Å². The van der Waals surface area contributed by atoms with E-state index in [-0.39, 0.29) is 24.0 Å². The zero-order chi connectivity index (χ0) is 16.8. The minimum Gasteiger partial charge on any atom is -0.459 e. The van der Waals surface area contributed by atoms with Crippen molar-refractivity contribution in [1.82, 2.24) is 5.32 Å². The number of carbonyl (C=O) groups is 1. The predicted octanol–water partition coefficient (Wildman–Crippen LogP) is 4.26. The van der Waals surface area contributed by atoms with Crippen LogP contribution in [0, 0.1) is 5.92 Å². The second-order valence-electron chi connectivity index (χ2n) is 6.91. The molecule has 0 fully saturated rings. The molecular formula is C19H29NO2. The largest absolute Gasteiger partial charge is 0.459 e. The van der Waals surface area contributed by atoms with Crippen molar-refractivity contribution in [3.63, 3.8) is 0 Å². The fourth-order valence-electron chi connectivity index (χ4n) is 2.27. The molecule has 1 N–H and O–H groups in total. The SMILES string of the molecule is C=CC[C@H](N[C@H](C(=O)OC(C)(C)C)C(C)C)c1ccccc1. The summed E-state index contributed by atoms with van der Waals surface area (Å²) < 4.78 is 5.55. The number of hydrogen-bond donors (Lipinski definition) is 1. The molecule has 22 heavy (non-hydrogen) atoms. The van der Waals surface area contributed by atoms with Gasteiger partial charge in [0.05, 0.1) is 0 Å². The normalized spacial score (nSPS) is 14.5. The Bertz CT molecular complexity index is 474. The van der Waals surface area contributed by atoms with Gasteiger partial charge in [-0.1, -0.05) is 50.3 Å². The van der Waals surface area contributed by atoms with Crippen LogP contribution in [0.15, 0.2) is 43.0 Å². The van der Waals surface area contributed by atoms with Crippen molar-refractivity contribution >= 4 is 5.97 Å². The average molecular weight is 303 g/mol. The van der Waals surface area contributed by atoms with Crippen molar-refractivity contribution in [2.75, 3.05) is 0 Å². The van der Waals surface area contributed by atoms with Gasteiger partial charge in [-0.25, -0.2) is 0 Å². The lowest BCUT2D eigenvalue weighted by Gasteiger charge is -2.30. The molecule has 0 amide bonds. The molecule has 0 unspecified atom stereocenters. The topological polar surface area (TPSA) is 38.3 Å². The van der Waals surface area contributed by atoms with E-state index in [1.54, 1.807) is 0 Å². The highest BCUT2D eigenvalue weighted by atomic mass is 16.6. The van der Waals surface area contributed by atoms with Gasteiger partial charge < -0.3 is 4.74 Å². The van der Waals surface area contributed by atoms with Gasteiger partial charge in [-0.3, -0.25) is 10.1 Å². The van der Waals surface area contributed by atoms with E-state index in [1.807, 2.05) is 58.9 Å². The Morgan fingerprint density at radius 2 is 1.86 bits per heavy atom. The second kappa shape index (κ2) is 8.14. The van der Waals surface area contributed by atoms with Crippen LogP contribution in [0.25, 0.3) is 0 Å². The molecule has 0 radical (unpaired) electrons. The Morgan fingerprint density at radius 1 is 1.27 bits per heavy atom. The molecule has 1 aromatic carbocycles. The maximum Gasteiger partial charge on any atom is 0.323 e. The molecule has 3 nitrogen and oxygen atoms in total. The van der Waals surface area contributed by atoms with Crippen LogP contribution in [0.4, 0.5) is 0 Å². The smallest absolute Gasteiger partial charge is 0.323 e. The van der Waals surface area contributed by atoms with Gasteiger partial charge in [0.1, 0.15) is 11.6 Å². The summed E-state index contributed by atoms with van der Waals surface area (Å²) in [5, 5.41) is 3.45. The molecule has 0 bridgehead atoms. The van der Waals surface area contributed by atoms with Crippen molar-refractivity contribution in [3.05, 3.63) is 48.6 Å². The molecule has 1 rings (SSSR count). The van der Waals surface area contributed by atoms with E-state index in [0.717, 1.165) is 12.0 Å². The van der Waals surface area contributed by atoms with Crippen molar-refractivity contribution in [2.24, 2.45) is 5.92 Å². The fraction of sp³-hybridized carbons (Fsp3) is 0.526. The molecule has 1 aromatic rings. The summed E-state index contributed by atoms with van der Waals surface area (Å²) in [6.07, 6.45) is 2.63. The molecule has 122 valence electrons. The Hall–Kier alpha value is -1.61. The number of benzene rings is 1. The highest BCUT2D eigenvalue weighted by molar-refractivity contribution is 5.76. The van der Waals surface area contributed by atoms with Gasteiger partial charge in [-0.2, -0.15) is 0 Å². The Balaban J connectivity index is 2.91. The van der Waals surface area contributed by atoms with Gasteiger partial charge in [0.25, 0.3) is 0 Å². The first-order chi connectivity index (χ1) is 10.2. The van der Waals surface area contributed by atoms with Crippen LogP contribution < -0.4 is 5.32 Å². The van der Waals surface area contributed by atoms with Crippen LogP contribution >= 0.6 is 0 Å². The third kappa shape index (κ3) is 6.02. The number of carbonyl (C=O) groups excluding carboxylic acids is 1. The van der Waals surface area contributed by atoms with Crippen LogP contribution in [0.2, 0.25) is 0 Å². The second-order valence-corrected chi connectivity index (χ2v) is 6.91. The van der Waals surface area contributed by atoms with Crippen LogP contribution in [0.1, 0.15) is 52.6 Å². The third-order valence-corrected chi connectivity index (χ3v) is 3.31. The van der Waals surface area contributed by atoms with Crippen molar-refractivity contribution < 1.29 is 9.53 Å². The van der Waals surface area contributed by atoms with E-state index in [9.17, 15) is 4.79 Å². The standard InChI is InChI=1S/C19H29NO2/c1-7-11-16(15-12-9-8-10-13-15)20-17(14(2)3)18(21)22-19(4,5)6/h7-10,12-14,16-17,20H,1,11H2,2-6H3/t16-,17-/m0/s1. The van der Waals surface area contributed by atoms with Gasteiger partial charge >= 0.3 is 5.97 Å². The predicted molar refractivity (Wildman–Crippen MR) is 91.6 cm³/mol. The Kier molecular flexibility index (Phi) is 6.82. The van der Waals surface area contributed by atoms with Crippen molar-refractivity contribution in [3.8, 4) is 0 Å². The van der Waals surface area contributed by atoms with E-state index < -0.39 is 5.60 Å². The molecule has 0 aliphatic rings. The zero-order valence-corrected chi connectivity index (χ0v) is 14.4. The molecule has 0 aromatic heterocycles. The highest BCUT2D eigenvalue weighted by Gasteiger charge is 2.29. The molecule has 2 atom stereocenters. The average Bonchev–Trinajstić information content (AvgIpc) is 2.41. The zero-order valence-electron chi connectivity index (χ0n) is 14.4. The lowest BCUT2D eigenvalue weighted by Crippen LogP contribution is -2.46. The quantitative estimate of drug-likeness (QED) is 0.604. The third-order valence-electron chi connectivity index (χ3n) is 3.31. The van der Waals surface area contributed by atoms with E-state index >= 15 is 0 Å². The summed E-state index contributed by atoms with van der Waals surface area (Å²) in [5.41, 5.74) is 0.670. The summed E-state index contributed by atoms with van der Waals surface area (Å²) in [5.74, 6) is -0.0571. The minimum absolute atomic E-state index is 0.0543. The maximum absolute atomic E-state index is 12.5. The number of esters is 1. The maximum atomic E-state index is 12.5. The molecule has 0 heterocycles. The van der Waals surface area contributed by atoms with E-state index in [1.165, 1.54) is 0 Å². The first kappa shape index (κ1) is 18.4. The van der Waals surface area contributed by atoms with Gasteiger partial charge in [-0.05, 0) is 38.7 Å². The lowest BCUT2D eigenvalue weighted by atomic mass is 9.98. The van der Waals surface area contributed by atoms with Crippen LogP contribution in [-0.4, -0.2) is 17.6 Å². The first-order valence-electron chi connectivity index (χ1n) is 7.89. The number of rotatable bonds is 7. The number of nitrogens with one attached hydrogen (secondary N) is 1. The Morgan fingerprint density at radius 3 is 2.32 bits per heavy atom. The number of ether oxygens (including phenoxy) is 1. The molecular weight excluding hydrogens is 274 g/mol. The monoisotopic (exact) mass is 303 g/mol. The molecule has 0 saturated heterocycles. The summed E-state index contributed by atoms with van der Waals surface area (Å²) >= 11 is 0. The Labute approximate surface area is 134 Å². The van der Waals surface area contributed by atoms with Crippen LogP contribution in [0.5, 0.6) is 0 Å². The fourth-order valence-corrected chi connectivity index (χ4v) is 2.27. The van der Waals surface area contributed by atoms with E-state index in [4.69, 9.17) is 4.74 Å². The lowest BCUT2D eigenvalue weighted by molar-refractivity contribution is -0.159. The van der Waals surface area contributed by atoms with Gasteiger partial charge in [0, 0.05) is 6.04 Å². The minimum atomic E-state index is -0.480. The van der Waals surface area contributed by atoms with E-state index in [0.29, 0.717) is 0 Å². The summed E-state index contributed by atoms with van der Waals surface area (Å²) in [6, 6.07) is 9.84. The van der Waals surface area contributed by atoms with Crippen molar-refractivity contribution in [1.29, 1.82) is 0 Å². The molecule has 0 aliphatic heterocycles. The summed E-state index contributed by atoms with van der Waals surface area (Å²) in [7, 11) is 0. The van der Waals surface area contributed by atoms with Crippen LogP contribution in [0.3, 0.4) is 0 Å². The van der Waals surface area contributed by atoms with E-state index in [2.05, 4.69) is 24.0 Å². The molecule has 0 spiro atoms. The highest BCUT2D eigenvalue weighted by Crippen LogP contribution is 2.21. The molecule has 0 saturated carbocycles. The first-order valence-corrected chi connectivity index (χ1v) is 7.89. The molecule has 0 aliphatic carbocycles. The van der Waals surface area contributed by atoms with Gasteiger partial charge in [0.2, 0.25) is 0 Å². The van der Waals surface area contributed by atoms with Crippen molar-refractivity contribution in [2.45, 2.75) is 58.7 Å².